The third kappa shape index (κ3) is 8.00. The van der Waals surface area contributed by atoms with E-state index in [1.54, 1.807) is 17.9 Å². The monoisotopic (exact) mass is 636 g/mol. The maximum atomic E-state index is 14.0. The summed E-state index contributed by atoms with van der Waals surface area (Å²) in [6, 6.07) is 15.6. The number of carbonyl (C=O) groups excluding carboxylic acids is 1. The molecule has 2 N–H and O–H groups in total. The number of aliphatic hydroxyl groups is 1. The number of carbonyl (C=O) groups is 1. The molecule has 0 spiro atoms. The lowest BCUT2D eigenvalue weighted by molar-refractivity contribution is -0.0907. The highest BCUT2D eigenvalue weighted by Gasteiger charge is 2.54. The van der Waals surface area contributed by atoms with Crippen LogP contribution in [-0.2, 0) is 20.0 Å². The molecule has 0 bridgehead atoms. The van der Waals surface area contributed by atoms with Gasteiger partial charge in [0, 0.05) is 17.8 Å². The summed E-state index contributed by atoms with van der Waals surface area (Å²) in [7, 11) is 1.48. The van der Waals surface area contributed by atoms with Crippen molar-refractivity contribution in [2.45, 2.75) is 85.3 Å². The Kier molecular flexibility index (Phi) is 10.9. The molecule has 10 heteroatoms. The molecule has 0 saturated heterocycles. The van der Waals surface area contributed by atoms with Crippen molar-refractivity contribution in [2.24, 2.45) is 24.3 Å². The van der Waals surface area contributed by atoms with E-state index >= 15 is 0 Å². The molecule has 1 aliphatic rings. The van der Waals surface area contributed by atoms with Crippen LogP contribution in [0.5, 0.6) is 0 Å². The van der Waals surface area contributed by atoms with Gasteiger partial charge in [0.25, 0.3) is 5.91 Å². The minimum Gasteiger partial charge on any atom is -0.387 e. The van der Waals surface area contributed by atoms with Gasteiger partial charge < -0.3 is 10.4 Å². The highest BCUT2D eigenvalue weighted by atomic mass is 35.5. The molecule has 1 saturated carbocycles. The van der Waals surface area contributed by atoms with Gasteiger partial charge in [0.1, 0.15) is 18.2 Å². The van der Waals surface area contributed by atoms with Gasteiger partial charge in [0.15, 0.2) is 0 Å². The maximum Gasteiger partial charge on any atom is 0.262 e. The van der Waals surface area contributed by atoms with E-state index in [4.69, 9.17) is 11.6 Å². The van der Waals surface area contributed by atoms with Crippen LogP contribution < -0.4 is 5.32 Å². The summed E-state index contributed by atoms with van der Waals surface area (Å²) in [6.07, 6.45) is 7.08. The molecule has 2 aromatic heterocycles. The number of para-hydroxylation sites is 1. The summed E-state index contributed by atoms with van der Waals surface area (Å²) in [6.45, 7) is 12.9. The second-order valence-electron chi connectivity index (χ2n) is 13.4. The second kappa shape index (κ2) is 14.3. The number of aromatic nitrogens is 5. The Hall–Kier alpha value is -3.56. The van der Waals surface area contributed by atoms with Crippen LogP contribution in [0.3, 0.4) is 0 Å². The minimum absolute atomic E-state index is 0.00110. The summed E-state index contributed by atoms with van der Waals surface area (Å²) < 4.78 is 16.9. The van der Waals surface area contributed by atoms with E-state index in [-0.39, 0.29) is 16.9 Å². The molecule has 45 heavy (non-hydrogen) atoms. The number of rotatable bonds is 9. The average Bonchev–Trinajstić information content (AvgIpc) is 3.63. The zero-order chi connectivity index (χ0) is 32.9. The van der Waals surface area contributed by atoms with E-state index in [2.05, 4.69) is 55.1 Å². The Morgan fingerprint density at radius 1 is 1.16 bits per heavy atom. The van der Waals surface area contributed by atoms with Gasteiger partial charge in [0.2, 0.25) is 5.95 Å². The zero-order valence-corrected chi connectivity index (χ0v) is 28.1. The molecule has 0 aliphatic heterocycles. The van der Waals surface area contributed by atoms with Gasteiger partial charge in [0.05, 0.1) is 17.8 Å². The van der Waals surface area contributed by atoms with Gasteiger partial charge >= 0.3 is 0 Å². The van der Waals surface area contributed by atoms with Gasteiger partial charge in [-0.15, -0.1) is 0 Å². The predicted octanol–water partition coefficient (Wildman–Crippen LogP) is 7.61. The van der Waals surface area contributed by atoms with Crippen LogP contribution in [-0.4, -0.2) is 41.2 Å². The first-order chi connectivity index (χ1) is 21.2. The number of anilines is 1. The SMILES string of the molecule is CC1(C)CCC(Cc2ccc(Cl)cc2)C1(O)Cn1cncn1.Cc1nn(C)c(F)c1C(=O)Nc1ccccc1C(C)CC(C)C. The summed E-state index contributed by atoms with van der Waals surface area (Å²) >= 11 is 5.96. The van der Waals surface area contributed by atoms with Crippen molar-refractivity contribution in [1.82, 2.24) is 24.5 Å². The van der Waals surface area contributed by atoms with Crippen LogP contribution in [0.2, 0.25) is 5.02 Å². The van der Waals surface area contributed by atoms with Crippen LogP contribution in [0.15, 0.2) is 61.2 Å². The molecular formula is C35H46ClFN6O2. The van der Waals surface area contributed by atoms with Crippen molar-refractivity contribution < 1.29 is 14.3 Å². The summed E-state index contributed by atoms with van der Waals surface area (Å²) in [5.74, 6) is -0.00371. The van der Waals surface area contributed by atoms with E-state index in [1.165, 1.54) is 18.9 Å². The van der Waals surface area contributed by atoms with Crippen molar-refractivity contribution in [3.63, 3.8) is 0 Å². The van der Waals surface area contributed by atoms with Crippen molar-refractivity contribution >= 4 is 23.2 Å². The topological polar surface area (TPSA) is 97.9 Å². The molecule has 242 valence electrons. The van der Waals surface area contributed by atoms with Crippen molar-refractivity contribution in [3.8, 4) is 0 Å². The summed E-state index contributed by atoms with van der Waals surface area (Å²) in [4.78, 5) is 16.4. The van der Waals surface area contributed by atoms with E-state index in [0.717, 1.165) is 46.6 Å². The highest BCUT2D eigenvalue weighted by Crippen LogP contribution is 2.51. The zero-order valence-electron chi connectivity index (χ0n) is 27.4. The molecule has 1 amide bonds. The smallest absolute Gasteiger partial charge is 0.262 e. The van der Waals surface area contributed by atoms with E-state index in [1.807, 2.05) is 48.5 Å². The van der Waals surface area contributed by atoms with E-state index in [0.29, 0.717) is 24.1 Å². The van der Waals surface area contributed by atoms with Gasteiger partial charge in [-0.1, -0.05) is 76.6 Å². The fourth-order valence-electron chi connectivity index (χ4n) is 6.57. The number of amides is 1. The number of nitrogens with zero attached hydrogens (tertiary/aromatic N) is 5. The van der Waals surface area contributed by atoms with Crippen molar-refractivity contribution in [2.75, 3.05) is 5.32 Å². The van der Waals surface area contributed by atoms with E-state index < -0.39 is 17.5 Å². The lowest BCUT2D eigenvalue weighted by Crippen LogP contribution is -2.49. The van der Waals surface area contributed by atoms with Gasteiger partial charge in [-0.3, -0.25) is 9.48 Å². The fraction of sp³-hybridized carbons (Fsp3) is 0.486. The lowest BCUT2D eigenvalue weighted by Gasteiger charge is -2.40. The molecule has 2 heterocycles. The molecule has 0 radical (unpaired) electrons. The molecule has 1 aliphatic carbocycles. The number of nitrogens with one attached hydrogen (secondary N) is 1. The Labute approximate surface area is 271 Å². The lowest BCUT2D eigenvalue weighted by atomic mass is 9.72. The molecule has 4 aromatic rings. The molecule has 3 atom stereocenters. The number of aryl methyl sites for hydroxylation is 2. The third-order valence-corrected chi connectivity index (χ3v) is 9.43. The first-order valence-electron chi connectivity index (χ1n) is 15.6. The first-order valence-corrected chi connectivity index (χ1v) is 16.0. The molecule has 1 fully saturated rings. The number of hydrogen-bond acceptors (Lipinski definition) is 5. The summed E-state index contributed by atoms with van der Waals surface area (Å²) in [5, 5.41) is 23.2. The maximum absolute atomic E-state index is 14.0. The Bertz CT molecular complexity index is 1570. The van der Waals surface area contributed by atoms with Crippen LogP contribution in [0, 0.1) is 30.1 Å². The molecule has 8 nitrogen and oxygen atoms in total. The molecule has 2 aromatic carbocycles. The average molecular weight is 637 g/mol. The third-order valence-electron chi connectivity index (χ3n) is 9.17. The second-order valence-corrected chi connectivity index (χ2v) is 13.9. The predicted molar refractivity (Wildman–Crippen MR) is 177 cm³/mol. The van der Waals surface area contributed by atoms with Gasteiger partial charge in [-0.25, -0.2) is 9.67 Å². The molecule has 3 unspecified atom stereocenters. The van der Waals surface area contributed by atoms with Crippen molar-refractivity contribution in [1.29, 1.82) is 0 Å². The highest BCUT2D eigenvalue weighted by molar-refractivity contribution is 6.30. The normalized spacial score (nSPS) is 19.7. The largest absolute Gasteiger partial charge is 0.387 e. The van der Waals surface area contributed by atoms with Gasteiger partial charge in [-0.05, 0) is 85.1 Å². The van der Waals surface area contributed by atoms with E-state index in [9.17, 15) is 14.3 Å². The van der Waals surface area contributed by atoms with Gasteiger partial charge in [-0.2, -0.15) is 14.6 Å². The summed E-state index contributed by atoms with van der Waals surface area (Å²) in [5.41, 5.74) is 2.46. The molecular weight excluding hydrogens is 591 g/mol. The number of halogens is 2. The standard InChI is InChI=1S/C18H24FN3O.C17H22ClN3O/c1-11(2)10-12(3)14-8-6-7-9-15(14)20-18(23)16-13(4)21-22(5)17(16)19;1-16(2)8-7-14(9-13-3-5-15(18)6-4-13)17(16,22)10-21-12-19-11-20-21/h6-9,11-12H,10H2,1-5H3,(H,20,23);3-6,11-12,14,22H,7-10H2,1-2H3. The van der Waals surface area contributed by atoms with Crippen LogP contribution >= 0.6 is 11.6 Å². The van der Waals surface area contributed by atoms with Crippen LogP contribution in [0.1, 0.15) is 87.0 Å². The Morgan fingerprint density at radius 3 is 2.44 bits per heavy atom. The van der Waals surface area contributed by atoms with Crippen LogP contribution in [0.4, 0.5) is 10.1 Å². The van der Waals surface area contributed by atoms with Crippen LogP contribution in [0.25, 0.3) is 0 Å². The number of benzene rings is 2. The molecule has 5 rings (SSSR count). The fourth-order valence-corrected chi connectivity index (χ4v) is 6.70. The first kappa shape index (κ1) is 34.3. The Morgan fingerprint density at radius 2 is 1.84 bits per heavy atom. The quantitative estimate of drug-likeness (QED) is 0.197. The minimum atomic E-state index is -0.791. The number of hydrogen-bond donors (Lipinski definition) is 2. The van der Waals surface area contributed by atoms with Crippen molar-refractivity contribution in [3.05, 3.63) is 94.5 Å². The Balaban J connectivity index is 0.000000205.